The number of amides is 1. The Bertz CT molecular complexity index is 645. The lowest BCUT2D eigenvalue weighted by atomic mass is 10.1. The zero-order valence-electron chi connectivity index (χ0n) is 12.9. The first kappa shape index (κ1) is 16.9. The van der Waals surface area contributed by atoms with Gasteiger partial charge in [0.15, 0.2) is 0 Å². The van der Waals surface area contributed by atoms with Crippen LogP contribution in [0.25, 0.3) is 0 Å². The molecule has 1 amide bonds. The first-order chi connectivity index (χ1) is 10.8. The molecule has 8 heteroatoms. The van der Waals surface area contributed by atoms with Crippen molar-refractivity contribution in [3.63, 3.8) is 0 Å². The van der Waals surface area contributed by atoms with Crippen LogP contribution in [0.3, 0.4) is 0 Å². The van der Waals surface area contributed by atoms with Crippen LogP contribution in [0, 0.1) is 17.0 Å². The maximum absolute atomic E-state index is 12.8. The first-order valence-corrected chi connectivity index (χ1v) is 7.14. The Morgan fingerprint density at radius 1 is 1.48 bits per heavy atom. The van der Waals surface area contributed by atoms with Gasteiger partial charge in [0, 0.05) is 37.4 Å². The number of carbonyl (C=O) groups is 2. The molecule has 0 aromatic heterocycles. The number of nitro groups is 1. The highest BCUT2D eigenvalue weighted by molar-refractivity contribution is 5.97. The lowest BCUT2D eigenvalue weighted by molar-refractivity contribution is -0.384. The first-order valence-electron chi connectivity index (χ1n) is 7.14. The Morgan fingerprint density at radius 3 is 2.74 bits per heavy atom. The van der Waals surface area contributed by atoms with E-state index in [0.29, 0.717) is 12.0 Å². The molecule has 0 bridgehead atoms. The molecular formula is C15H18N2O6. The van der Waals surface area contributed by atoms with Gasteiger partial charge in [0.1, 0.15) is 0 Å². The van der Waals surface area contributed by atoms with E-state index in [1.54, 1.807) is 6.92 Å². The van der Waals surface area contributed by atoms with Crippen molar-refractivity contribution < 1.29 is 24.4 Å². The van der Waals surface area contributed by atoms with E-state index in [2.05, 4.69) is 0 Å². The Morgan fingerprint density at radius 2 is 2.17 bits per heavy atom. The second-order valence-corrected chi connectivity index (χ2v) is 5.56. The number of non-ortho nitro benzene ring substituents is 1. The number of rotatable bonds is 5. The summed E-state index contributed by atoms with van der Waals surface area (Å²) in [6.45, 7) is 1.96. The summed E-state index contributed by atoms with van der Waals surface area (Å²) in [5, 5.41) is 19.9. The summed E-state index contributed by atoms with van der Waals surface area (Å²) in [5.41, 5.74) is 0.651. The molecule has 1 fully saturated rings. The van der Waals surface area contributed by atoms with Crippen molar-refractivity contribution in [2.24, 2.45) is 0 Å². The summed E-state index contributed by atoms with van der Waals surface area (Å²) in [7, 11) is 1.51. The Labute approximate surface area is 132 Å². The molecule has 23 heavy (non-hydrogen) atoms. The molecule has 2 rings (SSSR count). The number of hydrogen-bond acceptors (Lipinski definition) is 5. The Balaban J connectivity index is 2.32. The number of carboxylic acids is 1. The van der Waals surface area contributed by atoms with Crippen LogP contribution in [-0.2, 0) is 9.53 Å². The number of carboxylic acid groups (broad SMARTS) is 1. The van der Waals surface area contributed by atoms with Crippen LogP contribution < -0.4 is 0 Å². The van der Waals surface area contributed by atoms with Crippen LogP contribution in [0.4, 0.5) is 5.69 Å². The van der Waals surface area contributed by atoms with Gasteiger partial charge in [-0.1, -0.05) is 6.07 Å². The SMILES string of the molecule is COC1CC(CC(=O)O)N(C(=O)c2cc([N+](=O)[O-])ccc2C)C1. The fourth-order valence-electron chi connectivity index (χ4n) is 2.80. The predicted octanol–water partition coefficient (Wildman–Crippen LogP) is 1.61. The molecule has 1 heterocycles. The molecule has 1 aliphatic rings. The molecule has 1 aromatic rings. The van der Waals surface area contributed by atoms with E-state index in [9.17, 15) is 19.7 Å². The van der Waals surface area contributed by atoms with Crippen molar-refractivity contribution in [1.29, 1.82) is 0 Å². The van der Waals surface area contributed by atoms with Gasteiger partial charge in [0.2, 0.25) is 0 Å². The quantitative estimate of drug-likeness (QED) is 0.651. The van der Waals surface area contributed by atoms with Crippen molar-refractivity contribution >= 4 is 17.6 Å². The molecule has 1 aromatic carbocycles. The Hall–Kier alpha value is -2.48. The predicted molar refractivity (Wildman–Crippen MR) is 80.3 cm³/mol. The number of ether oxygens (including phenoxy) is 1. The van der Waals surface area contributed by atoms with E-state index in [1.165, 1.54) is 30.2 Å². The van der Waals surface area contributed by atoms with E-state index < -0.39 is 22.8 Å². The number of aryl methyl sites for hydroxylation is 1. The minimum absolute atomic E-state index is 0.170. The van der Waals surface area contributed by atoms with Crippen molar-refractivity contribution in [2.75, 3.05) is 13.7 Å². The summed E-state index contributed by atoms with van der Waals surface area (Å²) in [6, 6.07) is 3.60. The van der Waals surface area contributed by atoms with Crippen molar-refractivity contribution in [3.8, 4) is 0 Å². The molecule has 0 aliphatic carbocycles. The van der Waals surface area contributed by atoms with Gasteiger partial charge in [-0.05, 0) is 18.9 Å². The molecule has 1 N–H and O–H groups in total. The van der Waals surface area contributed by atoms with Gasteiger partial charge in [-0.2, -0.15) is 0 Å². The zero-order valence-corrected chi connectivity index (χ0v) is 12.9. The van der Waals surface area contributed by atoms with Gasteiger partial charge in [0.05, 0.1) is 17.4 Å². The molecule has 8 nitrogen and oxygen atoms in total. The smallest absolute Gasteiger partial charge is 0.305 e. The molecule has 0 radical (unpaired) electrons. The van der Waals surface area contributed by atoms with Crippen molar-refractivity contribution in [1.82, 2.24) is 4.90 Å². The van der Waals surface area contributed by atoms with E-state index in [4.69, 9.17) is 9.84 Å². The molecule has 2 atom stereocenters. The molecule has 0 saturated carbocycles. The lowest BCUT2D eigenvalue weighted by Crippen LogP contribution is -2.37. The second kappa shape index (κ2) is 6.74. The van der Waals surface area contributed by atoms with Crippen LogP contribution in [0.15, 0.2) is 18.2 Å². The minimum Gasteiger partial charge on any atom is -0.481 e. The average molecular weight is 322 g/mol. The monoisotopic (exact) mass is 322 g/mol. The summed E-state index contributed by atoms with van der Waals surface area (Å²) in [5.74, 6) is -1.41. The largest absolute Gasteiger partial charge is 0.481 e. The zero-order chi connectivity index (χ0) is 17.1. The maximum atomic E-state index is 12.8. The molecule has 1 aliphatic heterocycles. The average Bonchev–Trinajstić information content (AvgIpc) is 2.89. The third-order valence-electron chi connectivity index (χ3n) is 4.04. The van der Waals surface area contributed by atoms with Gasteiger partial charge < -0.3 is 14.7 Å². The number of benzene rings is 1. The third-order valence-corrected chi connectivity index (χ3v) is 4.04. The summed E-state index contributed by atoms with van der Waals surface area (Å²) < 4.78 is 5.24. The standard InChI is InChI=1S/C15H18N2O6/c1-9-3-4-10(17(21)22)6-13(9)15(20)16-8-12(23-2)5-11(16)7-14(18)19/h3-4,6,11-12H,5,7-8H2,1-2H3,(H,18,19). The van der Waals surface area contributed by atoms with Crippen molar-refractivity contribution in [3.05, 3.63) is 39.4 Å². The number of hydrogen-bond donors (Lipinski definition) is 1. The van der Waals surface area contributed by atoms with E-state index in [0.717, 1.165) is 0 Å². The number of nitrogens with zero attached hydrogens (tertiary/aromatic N) is 2. The number of likely N-dealkylation sites (tertiary alicyclic amines) is 1. The minimum atomic E-state index is -1.000. The van der Waals surface area contributed by atoms with Gasteiger partial charge in [-0.25, -0.2) is 0 Å². The summed E-state index contributed by atoms with van der Waals surface area (Å²) in [6.07, 6.45) is 0.0181. The highest BCUT2D eigenvalue weighted by Crippen LogP contribution is 2.27. The normalized spacial score (nSPS) is 20.5. The fourth-order valence-corrected chi connectivity index (χ4v) is 2.80. The van der Waals surface area contributed by atoms with Gasteiger partial charge in [-0.3, -0.25) is 19.7 Å². The number of nitro benzene ring substituents is 1. The third kappa shape index (κ3) is 3.65. The molecule has 1 saturated heterocycles. The maximum Gasteiger partial charge on any atom is 0.305 e. The highest BCUT2D eigenvalue weighted by atomic mass is 16.6. The van der Waals surface area contributed by atoms with Crippen LogP contribution in [-0.4, -0.2) is 52.6 Å². The topological polar surface area (TPSA) is 110 Å². The lowest BCUT2D eigenvalue weighted by Gasteiger charge is -2.24. The summed E-state index contributed by atoms with van der Waals surface area (Å²) in [4.78, 5) is 35.5. The van der Waals surface area contributed by atoms with E-state index in [1.807, 2.05) is 0 Å². The molecule has 2 unspecified atom stereocenters. The number of carbonyl (C=O) groups excluding carboxylic acids is 1. The second-order valence-electron chi connectivity index (χ2n) is 5.56. The fraction of sp³-hybridized carbons (Fsp3) is 0.467. The van der Waals surface area contributed by atoms with Crippen LogP contribution in [0.5, 0.6) is 0 Å². The van der Waals surface area contributed by atoms with Gasteiger partial charge in [-0.15, -0.1) is 0 Å². The molecular weight excluding hydrogens is 304 g/mol. The van der Waals surface area contributed by atoms with Crippen molar-refractivity contribution in [2.45, 2.75) is 31.9 Å². The molecule has 0 spiro atoms. The van der Waals surface area contributed by atoms with Gasteiger partial charge >= 0.3 is 5.97 Å². The van der Waals surface area contributed by atoms with Crippen LogP contribution in [0.1, 0.15) is 28.8 Å². The van der Waals surface area contributed by atoms with Crippen LogP contribution >= 0.6 is 0 Å². The van der Waals surface area contributed by atoms with E-state index in [-0.39, 0.29) is 30.3 Å². The number of methoxy groups -OCH3 is 1. The van der Waals surface area contributed by atoms with Crippen LogP contribution in [0.2, 0.25) is 0 Å². The highest BCUT2D eigenvalue weighted by Gasteiger charge is 2.37. The van der Waals surface area contributed by atoms with E-state index >= 15 is 0 Å². The van der Waals surface area contributed by atoms with Gasteiger partial charge in [0.25, 0.3) is 11.6 Å². The summed E-state index contributed by atoms with van der Waals surface area (Å²) >= 11 is 0. The number of aliphatic carboxylic acids is 1. The molecule has 124 valence electrons. The Kier molecular flexibility index (Phi) is 4.95.